The lowest BCUT2D eigenvalue weighted by Gasteiger charge is -2.30. The lowest BCUT2D eigenvalue weighted by Crippen LogP contribution is -2.42. The molecule has 0 amide bonds. The molecule has 0 aliphatic rings. The van der Waals surface area contributed by atoms with Crippen molar-refractivity contribution in [2.75, 3.05) is 17.7 Å². The van der Waals surface area contributed by atoms with Crippen LogP contribution >= 0.6 is 0 Å². The van der Waals surface area contributed by atoms with Crippen molar-refractivity contribution in [1.29, 1.82) is 0 Å². The van der Waals surface area contributed by atoms with Crippen LogP contribution in [0.1, 0.15) is 20.8 Å². The lowest BCUT2D eigenvalue weighted by atomic mass is 9.98. The molecule has 19 heavy (non-hydrogen) atoms. The molecule has 1 aromatic heterocycles. The minimum Gasteiger partial charge on any atom is -0.391 e. The highest BCUT2D eigenvalue weighted by molar-refractivity contribution is 5.90. The van der Waals surface area contributed by atoms with Crippen LogP contribution in [0, 0.1) is 0 Å². The highest BCUT2D eigenvalue weighted by Crippen LogP contribution is 2.25. The highest BCUT2D eigenvalue weighted by atomic mass is 16.3. The van der Waals surface area contributed by atoms with Crippen molar-refractivity contribution in [3.05, 3.63) is 24.3 Å². The van der Waals surface area contributed by atoms with Gasteiger partial charge in [-0.3, -0.25) is 0 Å². The number of aliphatic hydroxyl groups excluding tert-OH is 1. The average Bonchev–Trinajstić information content (AvgIpc) is 2.38. The monoisotopic (exact) mass is 260 g/mol. The molecule has 2 aromatic rings. The smallest absolute Gasteiger partial charge is 0.224 e. The Hall–Kier alpha value is -1.88. The summed E-state index contributed by atoms with van der Waals surface area (Å²) in [6.45, 7) is 5.64. The lowest BCUT2D eigenvalue weighted by molar-refractivity contribution is 0.133. The molecule has 5 nitrogen and oxygen atoms in total. The number of fused-ring (bicyclic) bond motifs is 1. The predicted octanol–water partition coefficient (Wildman–Crippen LogP) is 2.24. The van der Waals surface area contributed by atoms with Crippen LogP contribution < -0.4 is 10.6 Å². The molecule has 1 atom stereocenters. The number of aromatic nitrogens is 2. The summed E-state index contributed by atoms with van der Waals surface area (Å²) >= 11 is 0. The van der Waals surface area contributed by atoms with Crippen LogP contribution in [0.3, 0.4) is 0 Å². The molecule has 1 aromatic carbocycles. The Balaban J connectivity index is 2.52. The van der Waals surface area contributed by atoms with Crippen LogP contribution in [-0.2, 0) is 0 Å². The number of rotatable bonds is 4. The first-order valence-electron chi connectivity index (χ1n) is 6.35. The second-order valence-corrected chi connectivity index (χ2v) is 5.19. The van der Waals surface area contributed by atoms with Gasteiger partial charge in [0.2, 0.25) is 5.95 Å². The van der Waals surface area contributed by atoms with E-state index in [-0.39, 0.29) is 0 Å². The third kappa shape index (κ3) is 2.76. The zero-order valence-corrected chi connectivity index (χ0v) is 11.7. The van der Waals surface area contributed by atoms with Crippen molar-refractivity contribution >= 4 is 22.7 Å². The summed E-state index contributed by atoms with van der Waals surface area (Å²) < 4.78 is 0. The molecule has 0 radical (unpaired) electrons. The van der Waals surface area contributed by atoms with Crippen molar-refractivity contribution in [2.45, 2.75) is 32.4 Å². The summed E-state index contributed by atoms with van der Waals surface area (Å²) in [6.07, 6.45) is -0.501. The summed E-state index contributed by atoms with van der Waals surface area (Å²) in [6, 6.07) is 7.80. The fraction of sp³-hybridized carbons (Fsp3) is 0.429. The number of hydrogen-bond donors (Lipinski definition) is 3. The number of aliphatic hydroxyl groups is 1. The first kappa shape index (κ1) is 13.5. The maximum Gasteiger partial charge on any atom is 0.224 e. The summed E-state index contributed by atoms with van der Waals surface area (Å²) in [5.74, 6) is 1.28. The number of nitrogens with zero attached hydrogens (tertiary/aromatic N) is 2. The van der Waals surface area contributed by atoms with Gasteiger partial charge in [-0.15, -0.1) is 0 Å². The Morgan fingerprint density at radius 3 is 2.53 bits per heavy atom. The van der Waals surface area contributed by atoms with E-state index >= 15 is 0 Å². The van der Waals surface area contributed by atoms with Crippen LogP contribution in [0.5, 0.6) is 0 Å². The van der Waals surface area contributed by atoms with Gasteiger partial charge in [0.25, 0.3) is 0 Å². The van der Waals surface area contributed by atoms with Crippen molar-refractivity contribution in [3.63, 3.8) is 0 Å². The molecule has 0 bridgehead atoms. The number of para-hydroxylation sites is 1. The molecule has 0 saturated carbocycles. The number of anilines is 2. The van der Waals surface area contributed by atoms with Gasteiger partial charge in [-0.2, -0.15) is 4.98 Å². The molecular weight excluding hydrogens is 240 g/mol. The summed E-state index contributed by atoms with van der Waals surface area (Å²) in [4.78, 5) is 8.85. The second kappa shape index (κ2) is 5.01. The van der Waals surface area contributed by atoms with E-state index in [1.807, 2.05) is 38.1 Å². The average molecular weight is 260 g/mol. The quantitative estimate of drug-likeness (QED) is 0.786. The Morgan fingerprint density at radius 1 is 1.21 bits per heavy atom. The van der Waals surface area contributed by atoms with E-state index in [1.165, 1.54) is 0 Å². The summed E-state index contributed by atoms with van der Waals surface area (Å²) in [5, 5.41) is 17.0. The molecule has 102 valence electrons. The Bertz CT molecular complexity index is 581. The van der Waals surface area contributed by atoms with E-state index in [2.05, 4.69) is 20.6 Å². The Morgan fingerprint density at radius 2 is 1.89 bits per heavy atom. The minimum atomic E-state index is -0.501. The topological polar surface area (TPSA) is 70.1 Å². The molecule has 0 saturated heterocycles. The van der Waals surface area contributed by atoms with E-state index in [0.717, 1.165) is 16.7 Å². The molecule has 0 fully saturated rings. The van der Waals surface area contributed by atoms with Crippen LogP contribution in [-0.4, -0.2) is 33.8 Å². The molecule has 5 heteroatoms. The fourth-order valence-electron chi connectivity index (χ4n) is 1.69. The van der Waals surface area contributed by atoms with Crippen LogP contribution in [0.25, 0.3) is 10.9 Å². The zero-order valence-electron chi connectivity index (χ0n) is 11.7. The van der Waals surface area contributed by atoms with Gasteiger partial charge in [-0.05, 0) is 32.9 Å². The molecule has 1 unspecified atom stereocenters. The molecular formula is C14H20N4O. The van der Waals surface area contributed by atoms with Crippen LogP contribution in [0.4, 0.5) is 11.8 Å². The van der Waals surface area contributed by atoms with E-state index in [0.29, 0.717) is 5.95 Å². The number of nitrogens with one attached hydrogen (secondary N) is 2. The number of benzene rings is 1. The van der Waals surface area contributed by atoms with Gasteiger partial charge in [0.1, 0.15) is 5.82 Å². The fourth-order valence-corrected chi connectivity index (χ4v) is 1.69. The standard InChI is InChI=1S/C14H20N4O/c1-9(19)14(2,3)18-12-10-7-5-6-8-11(10)16-13(15-4)17-12/h5-9,19H,1-4H3,(H2,15,16,17,18). The Labute approximate surface area is 113 Å². The van der Waals surface area contributed by atoms with Gasteiger partial charge in [0.05, 0.1) is 17.2 Å². The van der Waals surface area contributed by atoms with Crippen LogP contribution in [0.2, 0.25) is 0 Å². The highest BCUT2D eigenvalue weighted by Gasteiger charge is 2.25. The van der Waals surface area contributed by atoms with Gasteiger partial charge in [0, 0.05) is 12.4 Å². The maximum absolute atomic E-state index is 9.82. The molecule has 0 spiro atoms. The van der Waals surface area contributed by atoms with Crippen molar-refractivity contribution < 1.29 is 5.11 Å². The van der Waals surface area contributed by atoms with Crippen molar-refractivity contribution in [2.24, 2.45) is 0 Å². The minimum absolute atomic E-state index is 0.470. The van der Waals surface area contributed by atoms with E-state index in [4.69, 9.17) is 0 Å². The Kier molecular flexibility index (Phi) is 3.57. The van der Waals surface area contributed by atoms with Crippen molar-refractivity contribution in [3.8, 4) is 0 Å². The van der Waals surface area contributed by atoms with Gasteiger partial charge in [-0.1, -0.05) is 12.1 Å². The van der Waals surface area contributed by atoms with E-state index < -0.39 is 11.6 Å². The molecule has 0 aliphatic carbocycles. The van der Waals surface area contributed by atoms with Crippen LogP contribution in [0.15, 0.2) is 24.3 Å². The first-order valence-corrected chi connectivity index (χ1v) is 6.35. The third-order valence-corrected chi connectivity index (χ3v) is 3.31. The summed E-state index contributed by atoms with van der Waals surface area (Å²) in [5.41, 5.74) is 0.396. The second-order valence-electron chi connectivity index (χ2n) is 5.19. The SMILES string of the molecule is CNc1nc(NC(C)(C)C(C)O)c2ccccc2n1. The molecule has 0 aliphatic heterocycles. The zero-order chi connectivity index (χ0) is 14.0. The molecule has 2 rings (SSSR count). The van der Waals surface area contributed by atoms with Gasteiger partial charge >= 0.3 is 0 Å². The maximum atomic E-state index is 9.82. The van der Waals surface area contributed by atoms with Gasteiger partial charge < -0.3 is 15.7 Å². The van der Waals surface area contributed by atoms with Gasteiger partial charge in [-0.25, -0.2) is 4.98 Å². The summed E-state index contributed by atoms with van der Waals surface area (Å²) in [7, 11) is 1.79. The van der Waals surface area contributed by atoms with Crippen molar-refractivity contribution in [1.82, 2.24) is 9.97 Å². The number of hydrogen-bond acceptors (Lipinski definition) is 5. The van der Waals surface area contributed by atoms with E-state index in [1.54, 1.807) is 14.0 Å². The first-order chi connectivity index (χ1) is 8.94. The molecule has 3 N–H and O–H groups in total. The largest absolute Gasteiger partial charge is 0.391 e. The van der Waals surface area contributed by atoms with Gasteiger partial charge in [0.15, 0.2) is 0 Å². The van der Waals surface area contributed by atoms with E-state index in [9.17, 15) is 5.11 Å². The normalized spacial score (nSPS) is 13.3. The third-order valence-electron chi connectivity index (χ3n) is 3.31. The predicted molar refractivity (Wildman–Crippen MR) is 78.5 cm³/mol. The molecule has 1 heterocycles.